The zero-order valence-electron chi connectivity index (χ0n) is 12.6. The van der Waals surface area contributed by atoms with Crippen molar-refractivity contribution < 1.29 is 0 Å². The Morgan fingerprint density at radius 1 is 0.905 bits per heavy atom. The quantitative estimate of drug-likeness (QED) is 0.751. The van der Waals surface area contributed by atoms with Crippen LogP contribution in [0.1, 0.15) is 30.9 Å². The van der Waals surface area contributed by atoms with Crippen LogP contribution in [0.4, 0.5) is 0 Å². The van der Waals surface area contributed by atoms with Crippen molar-refractivity contribution in [3.8, 4) is 6.07 Å². The molecule has 0 saturated heterocycles. The molecular weight excluding hydrogens is 256 g/mol. The Morgan fingerprint density at radius 3 is 1.76 bits per heavy atom. The van der Waals surface area contributed by atoms with Crippen LogP contribution in [0.3, 0.4) is 0 Å². The van der Waals surface area contributed by atoms with E-state index in [0.717, 1.165) is 25.9 Å². The minimum absolute atomic E-state index is 0.0320. The van der Waals surface area contributed by atoms with Crippen LogP contribution in [0.25, 0.3) is 0 Å². The average Bonchev–Trinajstić information content (AvgIpc) is 2.54. The predicted molar refractivity (Wildman–Crippen MR) is 86.4 cm³/mol. The zero-order chi connectivity index (χ0) is 14.9. The van der Waals surface area contributed by atoms with Crippen molar-refractivity contribution in [1.29, 1.82) is 5.26 Å². The van der Waals surface area contributed by atoms with Gasteiger partial charge < -0.3 is 0 Å². The second kappa shape index (κ2) is 8.24. The number of nitrogens with zero attached hydrogens (tertiary/aromatic N) is 2. The monoisotopic (exact) mass is 278 g/mol. The van der Waals surface area contributed by atoms with Gasteiger partial charge >= 0.3 is 0 Å². The second-order valence-electron chi connectivity index (χ2n) is 5.31. The summed E-state index contributed by atoms with van der Waals surface area (Å²) in [6.45, 7) is 3.76. The van der Waals surface area contributed by atoms with E-state index in [1.807, 2.05) is 12.1 Å². The normalized spacial score (nSPS) is 12.0. The minimum atomic E-state index is -0.0320. The van der Waals surface area contributed by atoms with Gasteiger partial charge in [-0.25, -0.2) is 0 Å². The standard InChI is InChI=1S/C19H22N2/c1-2-9-19(14-20)21(15-17-10-5-3-6-11-17)16-18-12-7-4-8-13-18/h3-8,10-13,19H,2,9,15-16H2,1H3. The van der Waals surface area contributed by atoms with Gasteiger partial charge in [-0.15, -0.1) is 0 Å². The molecule has 0 N–H and O–H groups in total. The van der Waals surface area contributed by atoms with Gasteiger partial charge in [0, 0.05) is 13.1 Å². The molecule has 1 atom stereocenters. The summed E-state index contributed by atoms with van der Waals surface area (Å²) in [6, 6.07) is 23.2. The van der Waals surface area contributed by atoms with Gasteiger partial charge in [-0.2, -0.15) is 5.26 Å². The molecule has 1 unspecified atom stereocenters. The van der Waals surface area contributed by atoms with Crippen LogP contribution >= 0.6 is 0 Å². The number of rotatable bonds is 7. The Balaban J connectivity index is 2.15. The van der Waals surface area contributed by atoms with Gasteiger partial charge in [0.2, 0.25) is 0 Å². The highest BCUT2D eigenvalue weighted by Gasteiger charge is 2.17. The maximum absolute atomic E-state index is 9.49. The molecule has 108 valence electrons. The molecule has 0 radical (unpaired) electrons. The van der Waals surface area contributed by atoms with E-state index >= 15 is 0 Å². The number of hydrogen-bond acceptors (Lipinski definition) is 2. The Hall–Kier alpha value is -2.11. The van der Waals surface area contributed by atoms with Crippen molar-refractivity contribution in [2.24, 2.45) is 0 Å². The van der Waals surface area contributed by atoms with Crippen LogP contribution in [0, 0.1) is 11.3 Å². The van der Waals surface area contributed by atoms with Gasteiger partial charge in [0.15, 0.2) is 0 Å². The van der Waals surface area contributed by atoms with Crippen LogP contribution in [0.5, 0.6) is 0 Å². The van der Waals surface area contributed by atoms with E-state index in [1.54, 1.807) is 0 Å². The molecule has 0 aliphatic carbocycles. The Morgan fingerprint density at radius 2 is 1.38 bits per heavy atom. The first kappa shape index (κ1) is 15.3. The molecule has 2 aromatic carbocycles. The van der Waals surface area contributed by atoms with Gasteiger partial charge in [-0.1, -0.05) is 74.0 Å². The van der Waals surface area contributed by atoms with Crippen molar-refractivity contribution in [2.45, 2.75) is 38.9 Å². The topological polar surface area (TPSA) is 27.0 Å². The molecule has 2 nitrogen and oxygen atoms in total. The molecule has 2 aromatic rings. The van der Waals surface area contributed by atoms with Crippen molar-refractivity contribution >= 4 is 0 Å². The smallest absolute Gasteiger partial charge is 0.0983 e. The van der Waals surface area contributed by atoms with Crippen LogP contribution in [0.2, 0.25) is 0 Å². The fourth-order valence-corrected chi connectivity index (χ4v) is 2.51. The van der Waals surface area contributed by atoms with E-state index in [4.69, 9.17) is 0 Å². The average molecular weight is 278 g/mol. The second-order valence-corrected chi connectivity index (χ2v) is 5.31. The lowest BCUT2D eigenvalue weighted by molar-refractivity contribution is 0.206. The summed E-state index contributed by atoms with van der Waals surface area (Å²) in [7, 11) is 0. The van der Waals surface area contributed by atoms with E-state index < -0.39 is 0 Å². The number of nitriles is 1. The predicted octanol–water partition coefficient (Wildman–Crippen LogP) is 4.38. The Kier molecular flexibility index (Phi) is 5.99. The van der Waals surface area contributed by atoms with Crippen LogP contribution < -0.4 is 0 Å². The molecule has 2 rings (SSSR count). The summed E-state index contributed by atoms with van der Waals surface area (Å²) in [6.07, 6.45) is 1.94. The van der Waals surface area contributed by atoms with E-state index in [0.29, 0.717) is 0 Å². The molecule has 0 spiro atoms. The fraction of sp³-hybridized carbons (Fsp3) is 0.316. The molecule has 0 fully saturated rings. The molecule has 2 heteroatoms. The van der Waals surface area contributed by atoms with Gasteiger partial charge in [0.1, 0.15) is 0 Å². The lowest BCUT2D eigenvalue weighted by atomic mass is 10.1. The first-order valence-corrected chi connectivity index (χ1v) is 7.55. The SMILES string of the molecule is CCCC(C#N)N(Cc1ccccc1)Cc1ccccc1. The van der Waals surface area contributed by atoms with Gasteiger partial charge in [-0.05, 0) is 17.5 Å². The highest BCUT2D eigenvalue weighted by atomic mass is 15.1. The van der Waals surface area contributed by atoms with Crippen molar-refractivity contribution in [2.75, 3.05) is 0 Å². The summed E-state index contributed by atoms with van der Waals surface area (Å²) in [5.41, 5.74) is 2.51. The first-order valence-electron chi connectivity index (χ1n) is 7.55. The molecule has 0 amide bonds. The van der Waals surface area contributed by atoms with E-state index in [2.05, 4.69) is 66.4 Å². The van der Waals surface area contributed by atoms with Crippen molar-refractivity contribution in [1.82, 2.24) is 4.90 Å². The Labute approximate surface area is 127 Å². The molecule has 0 aliphatic rings. The van der Waals surface area contributed by atoms with Crippen LogP contribution in [-0.4, -0.2) is 10.9 Å². The van der Waals surface area contributed by atoms with Gasteiger partial charge in [0.05, 0.1) is 12.1 Å². The molecular formula is C19H22N2. The summed E-state index contributed by atoms with van der Waals surface area (Å²) < 4.78 is 0. The third-order valence-corrected chi connectivity index (χ3v) is 3.61. The lowest BCUT2D eigenvalue weighted by Crippen LogP contribution is -2.33. The maximum atomic E-state index is 9.49. The van der Waals surface area contributed by atoms with Crippen molar-refractivity contribution in [3.05, 3.63) is 71.8 Å². The summed E-state index contributed by atoms with van der Waals surface area (Å²) in [4.78, 5) is 2.27. The van der Waals surface area contributed by atoms with E-state index in [-0.39, 0.29) is 6.04 Å². The highest BCUT2D eigenvalue weighted by molar-refractivity contribution is 5.18. The largest absolute Gasteiger partial charge is 0.279 e. The molecule has 0 bridgehead atoms. The molecule has 0 aromatic heterocycles. The molecule has 21 heavy (non-hydrogen) atoms. The highest BCUT2D eigenvalue weighted by Crippen LogP contribution is 2.16. The third kappa shape index (κ3) is 4.73. The zero-order valence-corrected chi connectivity index (χ0v) is 12.6. The Bertz CT molecular complexity index is 516. The van der Waals surface area contributed by atoms with E-state index in [1.165, 1.54) is 11.1 Å². The van der Waals surface area contributed by atoms with Gasteiger partial charge in [-0.3, -0.25) is 4.90 Å². The van der Waals surface area contributed by atoms with E-state index in [9.17, 15) is 5.26 Å². The summed E-state index contributed by atoms with van der Waals surface area (Å²) in [5, 5.41) is 9.49. The summed E-state index contributed by atoms with van der Waals surface area (Å²) in [5.74, 6) is 0. The third-order valence-electron chi connectivity index (χ3n) is 3.61. The summed E-state index contributed by atoms with van der Waals surface area (Å²) >= 11 is 0. The fourth-order valence-electron chi connectivity index (χ4n) is 2.51. The molecule has 0 heterocycles. The van der Waals surface area contributed by atoms with Gasteiger partial charge in [0.25, 0.3) is 0 Å². The number of benzene rings is 2. The molecule has 0 aliphatic heterocycles. The molecule has 0 saturated carbocycles. The number of hydrogen-bond donors (Lipinski definition) is 0. The maximum Gasteiger partial charge on any atom is 0.0983 e. The van der Waals surface area contributed by atoms with Crippen LogP contribution in [0.15, 0.2) is 60.7 Å². The van der Waals surface area contributed by atoms with Crippen molar-refractivity contribution in [3.63, 3.8) is 0 Å². The lowest BCUT2D eigenvalue weighted by Gasteiger charge is -2.27. The van der Waals surface area contributed by atoms with Crippen LogP contribution in [-0.2, 0) is 13.1 Å². The minimum Gasteiger partial charge on any atom is -0.279 e. The first-order chi connectivity index (χ1) is 10.3.